The third-order valence-corrected chi connectivity index (χ3v) is 3.55. The second kappa shape index (κ2) is 10.6. The lowest BCUT2D eigenvalue weighted by atomic mass is 10.1. The lowest BCUT2D eigenvalue weighted by Crippen LogP contribution is -2.27. The molecule has 0 aliphatic carbocycles. The Balaban J connectivity index is 0.00000392. The SMILES string of the molecule is C.COc1ccc(COCCNC(=O)c2cc([N+](=O)[O-])cc([N+](=O)[O-])c2)cc1. The number of carbonyl (C=O) groups is 1. The number of hydrogen-bond acceptors (Lipinski definition) is 7. The van der Waals surface area contributed by atoms with Crippen molar-refractivity contribution in [2.24, 2.45) is 0 Å². The van der Waals surface area contributed by atoms with Crippen molar-refractivity contribution in [3.63, 3.8) is 0 Å². The Bertz CT molecular complexity index is 805. The van der Waals surface area contributed by atoms with Crippen LogP contribution in [0.3, 0.4) is 0 Å². The van der Waals surface area contributed by atoms with E-state index in [1.807, 2.05) is 12.1 Å². The zero-order valence-corrected chi connectivity index (χ0v) is 14.4. The van der Waals surface area contributed by atoms with Crippen molar-refractivity contribution in [3.05, 3.63) is 73.8 Å². The fraction of sp³-hybridized carbons (Fsp3) is 0.278. The van der Waals surface area contributed by atoms with E-state index in [2.05, 4.69) is 5.32 Å². The van der Waals surface area contributed by atoms with Crippen LogP contribution in [-0.2, 0) is 11.3 Å². The molecule has 0 radical (unpaired) electrons. The average molecular weight is 391 g/mol. The maximum Gasteiger partial charge on any atom is 0.277 e. The van der Waals surface area contributed by atoms with Crippen molar-refractivity contribution in [2.45, 2.75) is 14.0 Å². The van der Waals surface area contributed by atoms with E-state index in [1.165, 1.54) is 0 Å². The highest BCUT2D eigenvalue weighted by molar-refractivity contribution is 5.95. The van der Waals surface area contributed by atoms with E-state index in [4.69, 9.17) is 9.47 Å². The first-order valence-electron chi connectivity index (χ1n) is 7.83. The molecule has 0 saturated carbocycles. The fourth-order valence-electron chi connectivity index (χ4n) is 2.19. The van der Waals surface area contributed by atoms with Gasteiger partial charge in [-0.05, 0) is 17.7 Å². The number of ether oxygens (including phenoxy) is 2. The second-order valence-electron chi connectivity index (χ2n) is 5.41. The van der Waals surface area contributed by atoms with Crippen LogP contribution in [0.2, 0.25) is 0 Å². The normalized spacial score (nSPS) is 9.89. The van der Waals surface area contributed by atoms with Crippen LogP contribution in [0.5, 0.6) is 5.75 Å². The minimum absolute atomic E-state index is 0. The van der Waals surface area contributed by atoms with Gasteiger partial charge in [0.25, 0.3) is 17.3 Å². The van der Waals surface area contributed by atoms with Gasteiger partial charge in [0.1, 0.15) is 5.75 Å². The summed E-state index contributed by atoms with van der Waals surface area (Å²) in [5.74, 6) is 0.0758. The number of nitrogens with one attached hydrogen (secondary N) is 1. The Morgan fingerprint density at radius 3 is 2.11 bits per heavy atom. The van der Waals surface area contributed by atoms with E-state index in [0.717, 1.165) is 29.5 Å². The molecule has 0 aliphatic rings. The van der Waals surface area contributed by atoms with Gasteiger partial charge in [0.15, 0.2) is 0 Å². The summed E-state index contributed by atoms with van der Waals surface area (Å²) in [6, 6.07) is 10.1. The van der Waals surface area contributed by atoms with E-state index in [9.17, 15) is 25.0 Å². The zero-order chi connectivity index (χ0) is 19.8. The maximum atomic E-state index is 12.1. The first-order valence-corrected chi connectivity index (χ1v) is 7.83. The predicted octanol–water partition coefficient (Wildman–Crippen LogP) is 3.09. The van der Waals surface area contributed by atoms with Gasteiger partial charge in [-0.15, -0.1) is 0 Å². The van der Waals surface area contributed by atoms with Gasteiger partial charge >= 0.3 is 0 Å². The van der Waals surface area contributed by atoms with Crippen LogP contribution in [0.25, 0.3) is 0 Å². The van der Waals surface area contributed by atoms with Crippen LogP contribution < -0.4 is 10.1 Å². The summed E-state index contributed by atoms with van der Waals surface area (Å²) in [5, 5.41) is 24.2. The number of benzene rings is 2. The van der Waals surface area contributed by atoms with E-state index in [0.29, 0.717) is 6.61 Å². The molecule has 1 amide bonds. The van der Waals surface area contributed by atoms with Crippen LogP contribution in [0.1, 0.15) is 23.3 Å². The third-order valence-electron chi connectivity index (χ3n) is 3.55. The molecule has 2 aromatic rings. The van der Waals surface area contributed by atoms with Gasteiger partial charge < -0.3 is 14.8 Å². The smallest absolute Gasteiger partial charge is 0.277 e. The van der Waals surface area contributed by atoms with Crippen LogP contribution >= 0.6 is 0 Å². The Morgan fingerprint density at radius 1 is 1.04 bits per heavy atom. The molecule has 0 aliphatic heterocycles. The van der Waals surface area contributed by atoms with Crippen molar-refractivity contribution < 1.29 is 24.1 Å². The largest absolute Gasteiger partial charge is 0.497 e. The molecule has 1 N–H and O–H groups in total. The number of rotatable bonds is 9. The summed E-state index contributed by atoms with van der Waals surface area (Å²) in [7, 11) is 1.57. The maximum absolute atomic E-state index is 12.1. The van der Waals surface area contributed by atoms with Gasteiger partial charge in [-0.3, -0.25) is 25.0 Å². The number of amides is 1. The number of nitro benzene ring substituents is 2. The lowest BCUT2D eigenvalue weighted by molar-refractivity contribution is -0.394. The summed E-state index contributed by atoms with van der Waals surface area (Å²) < 4.78 is 10.5. The van der Waals surface area contributed by atoms with Gasteiger partial charge in [-0.2, -0.15) is 0 Å². The molecule has 2 rings (SSSR count). The van der Waals surface area contributed by atoms with E-state index < -0.39 is 27.1 Å². The number of carbonyl (C=O) groups excluding carboxylic acids is 1. The quantitative estimate of drug-likeness (QED) is 0.394. The molecule has 150 valence electrons. The highest BCUT2D eigenvalue weighted by Gasteiger charge is 2.19. The molecule has 0 aromatic heterocycles. The topological polar surface area (TPSA) is 134 Å². The lowest BCUT2D eigenvalue weighted by Gasteiger charge is -2.07. The standard InChI is InChI=1S/C17H17N3O7.CH4/c1-26-16-4-2-12(3-5-16)11-27-7-6-18-17(21)13-8-14(19(22)23)10-15(9-13)20(24)25;/h2-5,8-10H,6-7,11H2,1H3,(H,18,21);1H4. The van der Waals surface area contributed by atoms with Crippen molar-refractivity contribution >= 4 is 17.3 Å². The first kappa shape index (κ1) is 22.5. The molecule has 0 atom stereocenters. The van der Waals surface area contributed by atoms with Gasteiger partial charge in [0.2, 0.25) is 0 Å². The first-order chi connectivity index (χ1) is 12.9. The van der Waals surface area contributed by atoms with Gasteiger partial charge in [0.05, 0.1) is 41.8 Å². The molecule has 0 unspecified atom stereocenters. The van der Waals surface area contributed by atoms with Crippen LogP contribution in [0, 0.1) is 20.2 Å². The monoisotopic (exact) mass is 391 g/mol. The van der Waals surface area contributed by atoms with Crippen molar-refractivity contribution in [2.75, 3.05) is 20.3 Å². The molecule has 10 nitrogen and oxygen atoms in total. The van der Waals surface area contributed by atoms with E-state index in [1.54, 1.807) is 19.2 Å². The Morgan fingerprint density at radius 2 is 1.61 bits per heavy atom. The number of nitrogens with zero attached hydrogens (tertiary/aromatic N) is 2. The average Bonchev–Trinajstić information content (AvgIpc) is 2.67. The molecule has 0 fully saturated rings. The summed E-state index contributed by atoms with van der Waals surface area (Å²) in [6.45, 7) is 0.683. The van der Waals surface area contributed by atoms with Gasteiger partial charge in [-0.25, -0.2) is 0 Å². The summed E-state index contributed by atoms with van der Waals surface area (Å²) in [5.41, 5.74) is -0.280. The van der Waals surface area contributed by atoms with Crippen molar-refractivity contribution in [1.82, 2.24) is 5.32 Å². The number of nitro groups is 2. The zero-order valence-electron chi connectivity index (χ0n) is 14.4. The molecule has 10 heteroatoms. The van der Waals surface area contributed by atoms with E-state index >= 15 is 0 Å². The minimum Gasteiger partial charge on any atom is -0.497 e. The highest BCUT2D eigenvalue weighted by Crippen LogP contribution is 2.22. The molecule has 0 heterocycles. The molecular weight excluding hydrogens is 370 g/mol. The summed E-state index contributed by atoms with van der Waals surface area (Å²) >= 11 is 0. The Kier molecular flexibility index (Phi) is 8.50. The number of hydrogen-bond donors (Lipinski definition) is 1. The fourth-order valence-corrected chi connectivity index (χ4v) is 2.19. The van der Waals surface area contributed by atoms with Gasteiger partial charge in [-0.1, -0.05) is 19.6 Å². The van der Waals surface area contributed by atoms with Crippen molar-refractivity contribution in [1.29, 1.82) is 0 Å². The van der Waals surface area contributed by atoms with Crippen LogP contribution in [-0.4, -0.2) is 36.0 Å². The highest BCUT2D eigenvalue weighted by atomic mass is 16.6. The predicted molar refractivity (Wildman–Crippen MR) is 101 cm³/mol. The number of methoxy groups -OCH3 is 1. The molecular formula is C18H21N3O7. The molecule has 2 aromatic carbocycles. The molecule has 0 spiro atoms. The Labute approximate surface area is 161 Å². The van der Waals surface area contributed by atoms with Crippen LogP contribution in [0.4, 0.5) is 11.4 Å². The van der Waals surface area contributed by atoms with Gasteiger partial charge in [0, 0.05) is 18.7 Å². The number of non-ortho nitro benzene ring substituents is 2. The Hall–Kier alpha value is -3.53. The molecule has 0 bridgehead atoms. The molecule has 0 saturated heterocycles. The van der Waals surface area contributed by atoms with E-state index in [-0.39, 0.29) is 26.1 Å². The second-order valence-corrected chi connectivity index (χ2v) is 5.41. The minimum atomic E-state index is -0.790. The summed E-state index contributed by atoms with van der Waals surface area (Å²) in [6.07, 6.45) is 0. The van der Waals surface area contributed by atoms with Crippen molar-refractivity contribution in [3.8, 4) is 5.75 Å². The molecule has 28 heavy (non-hydrogen) atoms. The van der Waals surface area contributed by atoms with Crippen LogP contribution in [0.15, 0.2) is 42.5 Å². The summed E-state index contributed by atoms with van der Waals surface area (Å²) in [4.78, 5) is 32.2. The third kappa shape index (κ3) is 6.32.